The lowest BCUT2D eigenvalue weighted by molar-refractivity contribution is 0.0743. The molecule has 0 saturated carbocycles. The van der Waals surface area contributed by atoms with Crippen molar-refractivity contribution in [3.8, 4) is 0 Å². The van der Waals surface area contributed by atoms with Crippen molar-refractivity contribution >= 4 is 11.6 Å². The van der Waals surface area contributed by atoms with Crippen molar-refractivity contribution in [2.24, 2.45) is 0 Å². The third kappa shape index (κ3) is 3.00. The van der Waals surface area contributed by atoms with Crippen LogP contribution in [0.5, 0.6) is 0 Å². The number of likely N-dealkylation sites (tertiary alicyclic amines) is 1. The van der Waals surface area contributed by atoms with E-state index >= 15 is 0 Å². The van der Waals surface area contributed by atoms with E-state index < -0.39 is 0 Å². The fraction of sp³-hybridized carbons (Fsp3) is 0.571. The Balaban J connectivity index is 2.13. The number of aromatic nitrogens is 1. The van der Waals surface area contributed by atoms with E-state index in [0.29, 0.717) is 5.56 Å². The van der Waals surface area contributed by atoms with E-state index in [0.717, 1.165) is 31.6 Å². The molecule has 4 heteroatoms. The molecule has 0 atom stereocenters. The number of carbonyl (C=O) groups excluding carboxylic acids is 1. The molecule has 1 aromatic rings. The van der Waals surface area contributed by atoms with Crippen LogP contribution in [0.25, 0.3) is 0 Å². The standard InChI is InChI=1S/C14H21N3O/c1-15-13-7-8-16-11-12(13)14(18)17-9-5-3-2-4-6-10-17/h7-8,11H,2-6,9-10H2,1H3,(H,15,16). The Morgan fingerprint density at radius 3 is 2.56 bits per heavy atom. The molecular weight excluding hydrogens is 226 g/mol. The molecule has 18 heavy (non-hydrogen) atoms. The number of anilines is 1. The number of hydrogen-bond acceptors (Lipinski definition) is 3. The van der Waals surface area contributed by atoms with Crippen LogP contribution in [0.2, 0.25) is 0 Å². The van der Waals surface area contributed by atoms with Gasteiger partial charge in [0, 0.05) is 38.2 Å². The molecule has 4 nitrogen and oxygen atoms in total. The Kier molecular flexibility index (Phi) is 4.56. The van der Waals surface area contributed by atoms with Gasteiger partial charge in [-0.25, -0.2) is 0 Å². The third-order valence-corrected chi connectivity index (χ3v) is 3.46. The highest BCUT2D eigenvalue weighted by molar-refractivity contribution is 5.99. The second kappa shape index (κ2) is 6.38. The van der Waals surface area contributed by atoms with E-state index in [2.05, 4.69) is 10.3 Å². The molecule has 0 aromatic carbocycles. The molecule has 0 aliphatic carbocycles. The maximum absolute atomic E-state index is 12.5. The smallest absolute Gasteiger partial charge is 0.257 e. The molecule has 98 valence electrons. The first-order valence-corrected chi connectivity index (χ1v) is 6.74. The highest BCUT2D eigenvalue weighted by Crippen LogP contribution is 2.18. The van der Waals surface area contributed by atoms with Gasteiger partial charge in [-0.2, -0.15) is 0 Å². The van der Waals surface area contributed by atoms with E-state index in [1.54, 1.807) is 12.4 Å². The largest absolute Gasteiger partial charge is 0.387 e. The number of amides is 1. The second-order valence-electron chi connectivity index (χ2n) is 4.73. The van der Waals surface area contributed by atoms with E-state index in [1.807, 2.05) is 18.0 Å². The van der Waals surface area contributed by atoms with Gasteiger partial charge in [0.15, 0.2) is 0 Å². The average molecular weight is 247 g/mol. The maximum Gasteiger partial charge on any atom is 0.257 e. The van der Waals surface area contributed by atoms with Gasteiger partial charge in [-0.3, -0.25) is 9.78 Å². The third-order valence-electron chi connectivity index (χ3n) is 3.46. The number of nitrogens with one attached hydrogen (secondary N) is 1. The molecule has 0 unspecified atom stereocenters. The van der Waals surface area contributed by atoms with Gasteiger partial charge < -0.3 is 10.2 Å². The summed E-state index contributed by atoms with van der Waals surface area (Å²) in [5, 5.41) is 3.06. The van der Waals surface area contributed by atoms with E-state index in [-0.39, 0.29) is 5.91 Å². The highest BCUT2D eigenvalue weighted by Gasteiger charge is 2.19. The first-order valence-electron chi connectivity index (χ1n) is 6.74. The SMILES string of the molecule is CNc1ccncc1C(=O)N1CCCCCCC1. The lowest BCUT2D eigenvalue weighted by Gasteiger charge is -2.25. The quantitative estimate of drug-likeness (QED) is 0.873. The Morgan fingerprint density at radius 2 is 1.89 bits per heavy atom. The molecular formula is C14H21N3O. The molecule has 1 fully saturated rings. The number of carbonyl (C=O) groups is 1. The monoisotopic (exact) mass is 247 g/mol. The summed E-state index contributed by atoms with van der Waals surface area (Å²) >= 11 is 0. The summed E-state index contributed by atoms with van der Waals surface area (Å²) < 4.78 is 0. The maximum atomic E-state index is 12.5. The first-order chi connectivity index (χ1) is 8.83. The minimum Gasteiger partial charge on any atom is -0.387 e. The molecule has 1 amide bonds. The molecule has 1 aliphatic heterocycles. The van der Waals surface area contributed by atoms with E-state index in [9.17, 15) is 4.79 Å². The number of nitrogens with zero attached hydrogens (tertiary/aromatic N) is 2. The zero-order valence-electron chi connectivity index (χ0n) is 11.0. The highest BCUT2D eigenvalue weighted by atomic mass is 16.2. The lowest BCUT2D eigenvalue weighted by Crippen LogP contribution is -2.34. The van der Waals surface area contributed by atoms with Gasteiger partial charge in [0.1, 0.15) is 0 Å². The Hall–Kier alpha value is -1.58. The molecule has 2 rings (SSSR count). The van der Waals surface area contributed by atoms with Crippen LogP contribution in [0, 0.1) is 0 Å². The molecule has 0 radical (unpaired) electrons. The van der Waals surface area contributed by atoms with Crippen LogP contribution in [0.4, 0.5) is 5.69 Å². The summed E-state index contributed by atoms with van der Waals surface area (Å²) in [6.45, 7) is 1.74. The second-order valence-corrected chi connectivity index (χ2v) is 4.73. The van der Waals surface area contributed by atoms with Gasteiger partial charge in [0.2, 0.25) is 0 Å². The summed E-state index contributed by atoms with van der Waals surface area (Å²) in [6.07, 6.45) is 9.35. The van der Waals surface area contributed by atoms with Gasteiger partial charge in [0.25, 0.3) is 5.91 Å². The van der Waals surface area contributed by atoms with Gasteiger partial charge >= 0.3 is 0 Å². The van der Waals surface area contributed by atoms with Crippen LogP contribution in [-0.4, -0.2) is 35.9 Å². The van der Waals surface area contributed by atoms with Crippen LogP contribution < -0.4 is 5.32 Å². The summed E-state index contributed by atoms with van der Waals surface area (Å²) in [7, 11) is 1.83. The fourth-order valence-corrected chi connectivity index (χ4v) is 2.40. The molecule has 1 aliphatic rings. The van der Waals surface area contributed by atoms with Gasteiger partial charge in [-0.1, -0.05) is 19.3 Å². The zero-order valence-corrected chi connectivity index (χ0v) is 11.0. The predicted octanol–water partition coefficient (Wildman–Crippen LogP) is 2.53. The summed E-state index contributed by atoms with van der Waals surface area (Å²) in [4.78, 5) is 18.5. The van der Waals surface area contributed by atoms with Gasteiger partial charge in [-0.15, -0.1) is 0 Å². The van der Waals surface area contributed by atoms with Crippen LogP contribution >= 0.6 is 0 Å². The molecule has 0 spiro atoms. The average Bonchev–Trinajstić information content (AvgIpc) is 2.37. The van der Waals surface area contributed by atoms with Crippen LogP contribution in [0.15, 0.2) is 18.5 Å². The fourth-order valence-electron chi connectivity index (χ4n) is 2.40. The summed E-state index contributed by atoms with van der Waals surface area (Å²) in [5.74, 6) is 0.106. The van der Waals surface area contributed by atoms with Crippen LogP contribution in [0.1, 0.15) is 42.5 Å². The number of hydrogen-bond donors (Lipinski definition) is 1. The van der Waals surface area contributed by atoms with Gasteiger partial charge in [0.05, 0.1) is 5.56 Å². The molecule has 2 heterocycles. The van der Waals surface area contributed by atoms with Crippen molar-refractivity contribution in [1.29, 1.82) is 0 Å². The van der Waals surface area contributed by atoms with Crippen LogP contribution in [-0.2, 0) is 0 Å². The van der Waals surface area contributed by atoms with Crippen molar-refractivity contribution in [2.75, 3.05) is 25.5 Å². The summed E-state index contributed by atoms with van der Waals surface area (Å²) in [6, 6.07) is 1.84. The Morgan fingerprint density at radius 1 is 1.22 bits per heavy atom. The van der Waals surface area contributed by atoms with E-state index in [1.165, 1.54) is 19.3 Å². The molecule has 1 saturated heterocycles. The Labute approximate surface area is 108 Å². The number of pyridine rings is 1. The van der Waals surface area contributed by atoms with Crippen LogP contribution in [0.3, 0.4) is 0 Å². The topological polar surface area (TPSA) is 45.2 Å². The normalized spacial score (nSPS) is 16.8. The van der Waals surface area contributed by atoms with Crippen molar-refractivity contribution in [3.05, 3.63) is 24.0 Å². The molecule has 1 aromatic heterocycles. The van der Waals surface area contributed by atoms with Gasteiger partial charge in [-0.05, 0) is 18.9 Å². The number of rotatable bonds is 2. The molecule has 1 N–H and O–H groups in total. The molecule has 0 bridgehead atoms. The minimum atomic E-state index is 0.106. The first kappa shape index (κ1) is 12.9. The Bertz CT molecular complexity index is 398. The zero-order chi connectivity index (χ0) is 12.8. The van der Waals surface area contributed by atoms with Crippen molar-refractivity contribution in [2.45, 2.75) is 32.1 Å². The van der Waals surface area contributed by atoms with Crippen molar-refractivity contribution in [3.63, 3.8) is 0 Å². The summed E-state index contributed by atoms with van der Waals surface area (Å²) in [5.41, 5.74) is 1.54. The van der Waals surface area contributed by atoms with Crippen molar-refractivity contribution in [1.82, 2.24) is 9.88 Å². The van der Waals surface area contributed by atoms with Crippen molar-refractivity contribution < 1.29 is 4.79 Å². The van der Waals surface area contributed by atoms with E-state index in [4.69, 9.17) is 0 Å². The predicted molar refractivity (Wildman–Crippen MR) is 72.8 cm³/mol. The minimum absolute atomic E-state index is 0.106. The lowest BCUT2D eigenvalue weighted by atomic mass is 10.1.